The van der Waals surface area contributed by atoms with Gasteiger partial charge in [-0.25, -0.2) is 4.39 Å². The quantitative estimate of drug-likeness (QED) is 0.748. The Bertz CT molecular complexity index is 583. The molecule has 2 rings (SSSR count). The van der Waals surface area contributed by atoms with Gasteiger partial charge in [-0.3, -0.25) is 4.79 Å². The van der Waals surface area contributed by atoms with Crippen LogP contribution in [0.25, 0.3) is 0 Å². The normalized spacial score (nSPS) is 10.3. The van der Waals surface area contributed by atoms with E-state index in [0.717, 1.165) is 6.07 Å². The lowest BCUT2D eigenvalue weighted by atomic mass is 10.0. The monoisotopic (exact) mass is 312 g/mol. The zero-order chi connectivity index (χ0) is 12.4. The van der Waals surface area contributed by atoms with Gasteiger partial charge in [0, 0.05) is 15.6 Å². The Morgan fingerprint density at radius 2 is 1.88 bits per heavy atom. The van der Waals surface area contributed by atoms with E-state index < -0.39 is 5.82 Å². The van der Waals surface area contributed by atoms with E-state index in [0.29, 0.717) is 10.0 Å². The third-order valence-electron chi connectivity index (χ3n) is 2.30. The molecule has 0 saturated heterocycles. The van der Waals surface area contributed by atoms with E-state index in [1.807, 2.05) is 6.07 Å². The Kier molecular flexibility index (Phi) is 3.60. The standard InChI is InChI=1S/C13H7BrClFO/c14-10-4-2-1-3-9(10)13(17)8-5-6-11(15)12(16)7-8/h1-7H. The molecule has 86 valence electrons. The molecular weight excluding hydrogens is 306 g/mol. The topological polar surface area (TPSA) is 17.1 Å². The van der Waals surface area contributed by atoms with E-state index in [9.17, 15) is 9.18 Å². The van der Waals surface area contributed by atoms with Gasteiger partial charge in [0.05, 0.1) is 5.02 Å². The largest absolute Gasteiger partial charge is 0.289 e. The smallest absolute Gasteiger partial charge is 0.194 e. The molecule has 0 fully saturated rings. The first-order chi connectivity index (χ1) is 8.09. The van der Waals surface area contributed by atoms with Crippen LogP contribution in [0.1, 0.15) is 15.9 Å². The summed E-state index contributed by atoms with van der Waals surface area (Å²) >= 11 is 8.85. The van der Waals surface area contributed by atoms with Gasteiger partial charge in [0.1, 0.15) is 5.82 Å². The van der Waals surface area contributed by atoms with Gasteiger partial charge >= 0.3 is 0 Å². The minimum absolute atomic E-state index is 0.00803. The van der Waals surface area contributed by atoms with Crippen molar-refractivity contribution in [3.8, 4) is 0 Å². The Balaban J connectivity index is 2.44. The number of halogens is 3. The highest BCUT2D eigenvalue weighted by Gasteiger charge is 2.13. The summed E-state index contributed by atoms with van der Waals surface area (Å²) < 4.78 is 13.9. The molecule has 2 aromatic rings. The molecule has 0 spiro atoms. The molecular formula is C13H7BrClFO. The summed E-state index contributed by atoms with van der Waals surface area (Å²) in [4.78, 5) is 12.1. The highest BCUT2D eigenvalue weighted by Crippen LogP contribution is 2.22. The van der Waals surface area contributed by atoms with E-state index >= 15 is 0 Å². The lowest BCUT2D eigenvalue weighted by Gasteiger charge is -2.04. The summed E-state index contributed by atoms with van der Waals surface area (Å²) in [7, 11) is 0. The van der Waals surface area contributed by atoms with Gasteiger partial charge in [-0.2, -0.15) is 0 Å². The zero-order valence-electron chi connectivity index (χ0n) is 8.58. The maximum absolute atomic E-state index is 13.3. The van der Waals surface area contributed by atoms with Crippen molar-refractivity contribution in [1.29, 1.82) is 0 Å². The van der Waals surface area contributed by atoms with E-state index in [1.54, 1.807) is 18.2 Å². The molecule has 0 unspecified atom stereocenters. The average molecular weight is 314 g/mol. The van der Waals surface area contributed by atoms with Crippen LogP contribution in [-0.4, -0.2) is 5.78 Å². The van der Waals surface area contributed by atoms with Crippen LogP contribution in [0.3, 0.4) is 0 Å². The van der Waals surface area contributed by atoms with Gasteiger partial charge in [0.25, 0.3) is 0 Å². The number of hydrogen-bond donors (Lipinski definition) is 0. The van der Waals surface area contributed by atoms with Crippen LogP contribution < -0.4 is 0 Å². The first-order valence-electron chi connectivity index (χ1n) is 4.84. The Morgan fingerprint density at radius 1 is 1.18 bits per heavy atom. The molecule has 17 heavy (non-hydrogen) atoms. The molecule has 0 radical (unpaired) electrons. The fourth-order valence-electron chi connectivity index (χ4n) is 1.44. The molecule has 0 aliphatic heterocycles. The summed E-state index contributed by atoms with van der Waals surface area (Å²) in [5.41, 5.74) is 0.771. The minimum Gasteiger partial charge on any atom is -0.289 e. The van der Waals surface area contributed by atoms with Crippen LogP contribution in [0.5, 0.6) is 0 Å². The number of carbonyl (C=O) groups is 1. The molecule has 2 aromatic carbocycles. The lowest BCUT2D eigenvalue weighted by molar-refractivity contribution is 0.103. The zero-order valence-corrected chi connectivity index (χ0v) is 10.9. The Labute approximate surface area is 111 Å². The SMILES string of the molecule is O=C(c1ccc(Cl)c(F)c1)c1ccccc1Br. The maximum Gasteiger partial charge on any atom is 0.194 e. The summed E-state index contributed by atoms with van der Waals surface area (Å²) in [5.74, 6) is -0.836. The van der Waals surface area contributed by atoms with Crippen molar-refractivity contribution in [3.63, 3.8) is 0 Å². The van der Waals surface area contributed by atoms with Crippen LogP contribution in [0, 0.1) is 5.82 Å². The molecule has 0 aromatic heterocycles. The number of ketones is 1. The molecule has 0 atom stereocenters. The van der Waals surface area contributed by atoms with Crippen LogP contribution in [0.4, 0.5) is 4.39 Å². The molecule has 0 aliphatic carbocycles. The van der Waals surface area contributed by atoms with Crippen LogP contribution in [-0.2, 0) is 0 Å². The third kappa shape index (κ3) is 2.56. The number of hydrogen-bond acceptors (Lipinski definition) is 1. The summed E-state index contributed by atoms with van der Waals surface area (Å²) in [6.07, 6.45) is 0. The van der Waals surface area contributed by atoms with Crippen molar-refractivity contribution in [1.82, 2.24) is 0 Å². The fourth-order valence-corrected chi connectivity index (χ4v) is 2.02. The average Bonchev–Trinajstić information content (AvgIpc) is 2.32. The highest BCUT2D eigenvalue weighted by atomic mass is 79.9. The van der Waals surface area contributed by atoms with Gasteiger partial charge < -0.3 is 0 Å². The van der Waals surface area contributed by atoms with Crippen LogP contribution >= 0.6 is 27.5 Å². The van der Waals surface area contributed by atoms with Crippen molar-refractivity contribution >= 4 is 33.3 Å². The Morgan fingerprint density at radius 3 is 2.53 bits per heavy atom. The van der Waals surface area contributed by atoms with Gasteiger partial charge in [-0.1, -0.05) is 39.7 Å². The van der Waals surface area contributed by atoms with Gasteiger partial charge in [-0.05, 0) is 30.3 Å². The molecule has 1 nitrogen and oxygen atoms in total. The van der Waals surface area contributed by atoms with Gasteiger partial charge in [-0.15, -0.1) is 0 Å². The summed E-state index contributed by atoms with van der Waals surface area (Å²) in [5, 5.41) is 0.00803. The van der Waals surface area contributed by atoms with E-state index in [2.05, 4.69) is 15.9 Å². The van der Waals surface area contributed by atoms with Crippen molar-refractivity contribution < 1.29 is 9.18 Å². The number of benzene rings is 2. The van der Waals surface area contributed by atoms with Gasteiger partial charge in [0.15, 0.2) is 5.78 Å². The van der Waals surface area contributed by atoms with Crippen molar-refractivity contribution in [3.05, 3.63) is 68.9 Å². The molecule has 4 heteroatoms. The van der Waals surface area contributed by atoms with Crippen LogP contribution in [0.15, 0.2) is 46.9 Å². The van der Waals surface area contributed by atoms with Crippen molar-refractivity contribution in [2.24, 2.45) is 0 Å². The Hall–Kier alpha value is -1.19. The van der Waals surface area contributed by atoms with E-state index in [4.69, 9.17) is 11.6 Å². The number of carbonyl (C=O) groups excluding carboxylic acids is 1. The summed E-state index contributed by atoms with van der Waals surface area (Å²) in [6, 6.07) is 11.0. The fraction of sp³-hybridized carbons (Fsp3) is 0. The first-order valence-corrected chi connectivity index (χ1v) is 6.01. The molecule has 0 saturated carbocycles. The third-order valence-corrected chi connectivity index (χ3v) is 3.30. The maximum atomic E-state index is 13.3. The molecule has 0 aliphatic rings. The van der Waals surface area contributed by atoms with Crippen molar-refractivity contribution in [2.75, 3.05) is 0 Å². The number of rotatable bonds is 2. The summed E-state index contributed by atoms with van der Waals surface area (Å²) in [6.45, 7) is 0. The van der Waals surface area contributed by atoms with Gasteiger partial charge in [0.2, 0.25) is 0 Å². The second-order valence-corrected chi connectivity index (χ2v) is 4.70. The van der Waals surface area contributed by atoms with Crippen molar-refractivity contribution in [2.45, 2.75) is 0 Å². The second-order valence-electron chi connectivity index (χ2n) is 3.44. The minimum atomic E-state index is -0.593. The van der Waals surface area contributed by atoms with Crippen LogP contribution in [0.2, 0.25) is 5.02 Å². The predicted octanol–water partition coefficient (Wildman–Crippen LogP) is 4.47. The molecule has 0 heterocycles. The van der Waals surface area contributed by atoms with E-state index in [-0.39, 0.29) is 16.4 Å². The predicted molar refractivity (Wildman–Crippen MR) is 69.0 cm³/mol. The van der Waals surface area contributed by atoms with E-state index in [1.165, 1.54) is 12.1 Å². The lowest BCUT2D eigenvalue weighted by Crippen LogP contribution is -2.02. The second kappa shape index (κ2) is 4.98. The molecule has 0 N–H and O–H groups in total. The molecule has 0 bridgehead atoms. The first kappa shape index (κ1) is 12.3. The molecule has 0 amide bonds. The highest BCUT2D eigenvalue weighted by molar-refractivity contribution is 9.10.